The van der Waals surface area contributed by atoms with Crippen molar-refractivity contribution >= 4 is 17.3 Å². The summed E-state index contributed by atoms with van der Waals surface area (Å²) in [5.41, 5.74) is 2.64. The Hall–Kier alpha value is -1.68. The summed E-state index contributed by atoms with van der Waals surface area (Å²) < 4.78 is 0. The fraction of sp³-hybridized carbons (Fsp3) is 0.333. The average Bonchev–Trinajstić information content (AvgIpc) is 2.89. The van der Waals surface area contributed by atoms with E-state index in [4.69, 9.17) is 5.11 Å². The Labute approximate surface area is 116 Å². The van der Waals surface area contributed by atoms with Crippen molar-refractivity contribution in [1.29, 1.82) is 0 Å². The fourth-order valence-electron chi connectivity index (χ4n) is 1.99. The van der Waals surface area contributed by atoms with E-state index in [-0.39, 0.29) is 11.6 Å². The third-order valence-corrected chi connectivity index (χ3v) is 4.16. The predicted molar refractivity (Wildman–Crippen MR) is 77.0 cm³/mol. The van der Waals surface area contributed by atoms with Gasteiger partial charge in [-0.2, -0.15) is 0 Å². The summed E-state index contributed by atoms with van der Waals surface area (Å²) in [6.07, 6.45) is 2.23. The molecule has 100 valence electrons. The van der Waals surface area contributed by atoms with Crippen molar-refractivity contribution in [3.05, 3.63) is 51.5 Å². The van der Waals surface area contributed by atoms with Crippen LogP contribution in [0.3, 0.4) is 0 Å². The lowest BCUT2D eigenvalue weighted by molar-refractivity contribution is 0.0691. The molecule has 0 aliphatic heterocycles. The first-order valence-corrected chi connectivity index (χ1v) is 7.27. The molecule has 0 amide bonds. The van der Waals surface area contributed by atoms with Gasteiger partial charge in [-0.25, -0.2) is 9.78 Å². The van der Waals surface area contributed by atoms with Crippen LogP contribution in [0.4, 0.5) is 0 Å². The molecule has 1 aromatic carbocycles. The van der Waals surface area contributed by atoms with Gasteiger partial charge in [0.15, 0.2) is 5.69 Å². The van der Waals surface area contributed by atoms with Gasteiger partial charge in [0.2, 0.25) is 0 Å². The third kappa shape index (κ3) is 3.20. The molecule has 19 heavy (non-hydrogen) atoms. The van der Waals surface area contributed by atoms with E-state index in [0.29, 0.717) is 0 Å². The number of aryl methyl sites for hydroxylation is 1. The molecule has 2 aromatic rings. The van der Waals surface area contributed by atoms with Gasteiger partial charge in [-0.05, 0) is 17.5 Å². The molecular weight excluding hydrogens is 258 g/mol. The molecular formula is C15H17NO2S. The highest BCUT2D eigenvalue weighted by Crippen LogP contribution is 2.27. The molecule has 1 unspecified atom stereocenters. The summed E-state index contributed by atoms with van der Waals surface area (Å²) >= 11 is 1.40. The summed E-state index contributed by atoms with van der Waals surface area (Å²) in [5.74, 6) is -0.832. The van der Waals surface area contributed by atoms with Gasteiger partial charge in [0.05, 0.1) is 0 Å². The van der Waals surface area contributed by atoms with Crippen LogP contribution >= 0.6 is 11.3 Å². The number of carbonyl (C=O) groups is 1. The molecule has 0 spiro atoms. The molecule has 0 fully saturated rings. The Bertz CT molecular complexity index is 560. The van der Waals surface area contributed by atoms with Crippen molar-refractivity contribution < 1.29 is 9.90 Å². The monoisotopic (exact) mass is 275 g/mol. The first kappa shape index (κ1) is 13.7. The van der Waals surface area contributed by atoms with Crippen LogP contribution < -0.4 is 0 Å². The number of hydrogen-bond acceptors (Lipinski definition) is 3. The van der Waals surface area contributed by atoms with Crippen molar-refractivity contribution in [2.75, 3.05) is 0 Å². The van der Waals surface area contributed by atoms with E-state index in [1.807, 2.05) is 0 Å². The molecule has 4 heteroatoms. The smallest absolute Gasteiger partial charge is 0.355 e. The zero-order valence-corrected chi connectivity index (χ0v) is 11.9. The molecule has 3 nitrogen and oxygen atoms in total. The fourth-order valence-corrected chi connectivity index (χ4v) is 2.87. The molecule has 0 saturated carbocycles. The summed E-state index contributed by atoms with van der Waals surface area (Å²) in [6, 6.07) is 8.50. The van der Waals surface area contributed by atoms with Crippen LogP contribution in [0.1, 0.15) is 52.8 Å². The van der Waals surface area contributed by atoms with Crippen molar-refractivity contribution in [1.82, 2.24) is 4.98 Å². The van der Waals surface area contributed by atoms with Gasteiger partial charge in [-0.3, -0.25) is 0 Å². The number of hydrogen-bond donors (Lipinski definition) is 1. The van der Waals surface area contributed by atoms with Crippen molar-refractivity contribution in [2.45, 2.75) is 32.6 Å². The molecule has 1 N–H and O–H groups in total. The topological polar surface area (TPSA) is 50.2 Å². The van der Waals surface area contributed by atoms with Crippen LogP contribution in [0, 0.1) is 0 Å². The van der Waals surface area contributed by atoms with Gasteiger partial charge in [0, 0.05) is 11.3 Å². The Morgan fingerprint density at radius 3 is 2.58 bits per heavy atom. The number of benzene rings is 1. The van der Waals surface area contributed by atoms with Gasteiger partial charge in [-0.1, -0.05) is 44.5 Å². The second-order valence-corrected chi connectivity index (χ2v) is 5.48. The van der Waals surface area contributed by atoms with E-state index in [9.17, 15) is 4.79 Å². The summed E-state index contributed by atoms with van der Waals surface area (Å²) in [6.45, 7) is 4.22. The van der Waals surface area contributed by atoms with E-state index >= 15 is 0 Å². The average molecular weight is 275 g/mol. The summed E-state index contributed by atoms with van der Waals surface area (Å²) in [4.78, 5) is 15.0. The number of carboxylic acid groups (broad SMARTS) is 1. The molecule has 0 aliphatic carbocycles. The van der Waals surface area contributed by atoms with Crippen LogP contribution in [0.15, 0.2) is 29.6 Å². The zero-order chi connectivity index (χ0) is 13.8. The van der Waals surface area contributed by atoms with E-state index in [2.05, 4.69) is 43.1 Å². The number of aromatic nitrogens is 1. The highest BCUT2D eigenvalue weighted by Gasteiger charge is 2.15. The minimum absolute atomic E-state index is 0.133. The Morgan fingerprint density at radius 1 is 1.37 bits per heavy atom. The first-order valence-electron chi connectivity index (χ1n) is 6.39. The van der Waals surface area contributed by atoms with Crippen molar-refractivity contribution in [2.24, 2.45) is 0 Å². The van der Waals surface area contributed by atoms with Gasteiger partial charge < -0.3 is 5.11 Å². The molecule has 1 atom stereocenters. The standard InChI is InChI=1S/C15H17NO2S/c1-3-4-11-5-7-12(8-6-11)10(2)14-16-13(9-19-14)15(17)18/h5-10H,3-4H2,1-2H3,(H,17,18). The molecule has 0 radical (unpaired) electrons. The number of thiazole rings is 1. The maximum Gasteiger partial charge on any atom is 0.355 e. The summed E-state index contributed by atoms with van der Waals surface area (Å²) in [5, 5.41) is 11.3. The van der Waals surface area contributed by atoms with Crippen LogP contribution in [-0.2, 0) is 6.42 Å². The first-order chi connectivity index (χ1) is 9.11. The molecule has 2 rings (SSSR count). The molecule has 0 bridgehead atoms. The molecule has 0 saturated heterocycles. The van der Waals surface area contributed by atoms with Crippen LogP contribution in [0.5, 0.6) is 0 Å². The highest BCUT2D eigenvalue weighted by molar-refractivity contribution is 7.10. The number of aromatic carboxylic acids is 1. The van der Waals surface area contributed by atoms with Crippen LogP contribution in [0.25, 0.3) is 0 Å². The lowest BCUT2D eigenvalue weighted by atomic mass is 9.99. The van der Waals surface area contributed by atoms with Crippen LogP contribution in [0.2, 0.25) is 0 Å². The molecule has 1 heterocycles. The normalized spacial score (nSPS) is 12.3. The Kier molecular flexibility index (Phi) is 4.32. The second-order valence-electron chi connectivity index (χ2n) is 4.59. The minimum atomic E-state index is -0.965. The minimum Gasteiger partial charge on any atom is -0.476 e. The Morgan fingerprint density at radius 2 is 2.05 bits per heavy atom. The van der Waals surface area contributed by atoms with Crippen LogP contribution in [-0.4, -0.2) is 16.1 Å². The van der Waals surface area contributed by atoms with Gasteiger partial charge in [-0.15, -0.1) is 11.3 Å². The van der Waals surface area contributed by atoms with E-state index in [0.717, 1.165) is 17.8 Å². The highest BCUT2D eigenvalue weighted by atomic mass is 32.1. The van der Waals surface area contributed by atoms with Crippen molar-refractivity contribution in [3.8, 4) is 0 Å². The van der Waals surface area contributed by atoms with Gasteiger partial charge >= 0.3 is 5.97 Å². The Balaban J connectivity index is 2.17. The maximum atomic E-state index is 10.8. The SMILES string of the molecule is CCCc1ccc(C(C)c2nc(C(=O)O)cs2)cc1. The number of rotatable bonds is 5. The predicted octanol–water partition coefficient (Wildman–Crippen LogP) is 3.95. The zero-order valence-electron chi connectivity index (χ0n) is 11.1. The van der Waals surface area contributed by atoms with Gasteiger partial charge in [0.1, 0.15) is 5.01 Å². The lowest BCUT2D eigenvalue weighted by Gasteiger charge is -2.09. The quantitative estimate of drug-likeness (QED) is 0.899. The van der Waals surface area contributed by atoms with Crippen molar-refractivity contribution in [3.63, 3.8) is 0 Å². The number of nitrogens with zero attached hydrogens (tertiary/aromatic N) is 1. The van der Waals surface area contributed by atoms with E-state index < -0.39 is 5.97 Å². The third-order valence-electron chi connectivity index (χ3n) is 3.13. The van der Waals surface area contributed by atoms with E-state index in [1.54, 1.807) is 5.38 Å². The second kappa shape index (κ2) is 5.97. The lowest BCUT2D eigenvalue weighted by Crippen LogP contribution is -2.00. The number of carboxylic acids is 1. The summed E-state index contributed by atoms with van der Waals surface area (Å²) in [7, 11) is 0. The van der Waals surface area contributed by atoms with E-state index in [1.165, 1.54) is 22.5 Å². The maximum absolute atomic E-state index is 10.8. The van der Waals surface area contributed by atoms with Gasteiger partial charge in [0.25, 0.3) is 0 Å². The molecule has 1 aromatic heterocycles. The largest absolute Gasteiger partial charge is 0.476 e. The molecule has 0 aliphatic rings.